The summed E-state index contributed by atoms with van der Waals surface area (Å²) >= 11 is 5.26. The molecule has 0 saturated carbocycles. The molecule has 0 atom stereocenters. The van der Waals surface area contributed by atoms with Crippen LogP contribution in [0.3, 0.4) is 0 Å². The Kier molecular flexibility index (Phi) is 5.30. The first-order valence-electron chi connectivity index (χ1n) is 6.72. The minimum absolute atomic E-state index is 0.227. The smallest absolute Gasteiger partial charge is 0.252 e. The summed E-state index contributed by atoms with van der Waals surface area (Å²) in [5.74, 6) is 0.728. The molecule has 21 heavy (non-hydrogen) atoms. The molecule has 0 saturated heterocycles. The fourth-order valence-electron chi connectivity index (χ4n) is 2.11. The molecule has 1 aromatic carbocycles. The molecule has 1 heterocycles. The van der Waals surface area contributed by atoms with Gasteiger partial charge in [0.25, 0.3) is 5.56 Å². The molecule has 112 valence electrons. The first-order valence-corrected chi connectivity index (χ1v) is 7.13. The van der Waals surface area contributed by atoms with E-state index in [9.17, 15) is 4.79 Å². The number of methoxy groups -OCH3 is 1. The maximum Gasteiger partial charge on any atom is 0.252 e. The Labute approximate surface area is 128 Å². The Morgan fingerprint density at radius 1 is 1.33 bits per heavy atom. The molecule has 0 spiro atoms. The molecule has 2 rings (SSSR count). The lowest BCUT2D eigenvalue weighted by Crippen LogP contribution is -2.17. The third-order valence-corrected chi connectivity index (χ3v) is 3.34. The number of hydrogen-bond acceptors (Lipinski definition) is 4. The van der Waals surface area contributed by atoms with Crippen molar-refractivity contribution in [2.24, 2.45) is 0 Å². The molecule has 2 aromatic rings. The summed E-state index contributed by atoms with van der Waals surface area (Å²) in [5.41, 5.74) is 1.34. The summed E-state index contributed by atoms with van der Waals surface area (Å²) in [6.07, 6.45) is 0. The van der Waals surface area contributed by atoms with E-state index in [1.165, 1.54) is 6.07 Å². The molecular formula is C15H18N2O3S. The van der Waals surface area contributed by atoms with Gasteiger partial charge in [-0.05, 0) is 31.3 Å². The van der Waals surface area contributed by atoms with E-state index in [-0.39, 0.29) is 5.56 Å². The van der Waals surface area contributed by atoms with E-state index in [4.69, 9.17) is 21.7 Å². The van der Waals surface area contributed by atoms with Gasteiger partial charge >= 0.3 is 0 Å². The fraction of sp³-hybridized carbons (Fsp3) is 0.333. The SMILES string of the molecule is CCOc1ccccc1-c1cc(=O)[nH]c(=S)n1CCOC. The van der Waals surface area contributed by atoms with Crippen LogP contribution in [0.15, 0.2) is 35.1 Å². The third kappa shape index (κ3) is 3.59. The molecule has 0 unspecified atom stereocenters. The van der Waals surface area contributed by atoms with Crippen molar-refractivity contribution in [1.82, 2.24) is 9.55 Å². The van der Waals surface area contributed by atoms with E-state index in [0.29, 0.717) is 24.5 Å². The fourth-order valence-corrected chi connectivity index (χ4v) is 2.40. The van der Waals surface area contributed by atoms with Gasteiger partial charge in [-0.3, -0.25) is 9.78 Å². The quantitative estimate of drug-likeness (QED) is 0.834. The first-order chi connectivity index (χ1) is 10.2. The summed E-state index contributed by atoms with van der Waals surface area (Å²) in [6.45, 7) is 3.54. The number of para-hydroxylation sites is 1. The van der Waals surface area contributed by atoms with Crippen LogP contribution in [0.4, 0.5) is 0 Å². The molecule has 1 aromatic heterocycles. The summed E-state index contributed by atoms with van der Waals surface area (Å²) in [6, 6.07) is 9.13. The van der Waals surface area contributed by atoms with Crippen LogP contribution in [-0.4, -0.2) is 29.9 Å². The van der Waals surface area contributed by atoms with Crippen LogP contribution >= 0.6 is 12.2 Å². The van der Waals surface area contributed by atoms with Crippen molar-refractivity contribution >= 4 is 12.2 Å². The highest BCUT2D eigenvalue weighted by Gasteiger charge is 2.11. The van der Waals surface area contributed by atoms with Crippen LogP contribution < -0.4 is 10.3 Å². The summed E-state index contributed by atoms with van der Waals surface area (Å²) in [5, 5.41) is 0. The molecule has 0 amide bonds. The highest BCUT2D eigenvalue weighted by Crippen LogP contribution is 2.29. The van der Waals surface area contributed by atoms with Crippen LogP contribution in [0.25, 0.3) is 11.3 Å². The molecule has 1 N–H and O–H groups in total. The standard InChI is InChI=1S/C15H18N2O3S/c1-3-20-13-7-5-4-6-11(13)12-10-14(18)16-15(21)17(12)8-9-19-2/h4-7,10H,3,8-9H2,1-2H3,(H,16,18,21). The van der Waals surface area contributed by atoms with Crippen molar-refractivity contribution in [3.8, 4) is 17.0 Å². The van der Waals surface area contributed by atoms with Crippen LogP contribution in [0.1, 0.15) is 6.92 Å². The van der Waals surface area contributed by atoms with E-state index in [2.05, 4.69) is 4.98 Å². The Morgan fingerprint density at radius 3 is 2.81 bits per heavy atom. The number of nitrogens with one attached hydrogen (secondary N) is 1. The highest BCUT2D eigenvalue weighted by atomic mass is 32.1. The number of benzene rings is 1. The Hall–Kier alpha value is -1.92. The molecule has 0 aliphatic carbocycles. The number of rotatable bonds is 6. The summed E-state index contributed by atoms with van der Waals surface area (Å²) < 4.78 is 13.0. The number of ether oxygens (including phenoxy) is 2. The zero-order valence-electron chi connectivity index (χ0n) is 12.1. The highest BCUT2D eigenvalue weighted by molar-refractivity contribution is 7.71. The van der Waals surface area contributed by atoms with Crippen LogP contribution in [0, 0.1) is 4.77 Å². The predicted molar refractivity (Wildman–Crippen MR) is 84.4 cm³/mol. The normalized spacial score (nSPS) is 10.6. The molecular weight excluding hydrogens is 288 g/mol. The molecule has 0 radical (unpaired) electrons. The number of H-pyrrole nitrogens is 1. The Morgan fingerprint density at radius 2 is 2.10 bits per heavy atom. The number of aromatic nitrogens is 2. The van der Waals surface area contributed by atoms with Crippen molar-refractivity contribution in [2.75, 3.05) is 20.3 Å². The van der Waals surface area contributed by atoms with Crippen LogP contribution in [-0.2, 0) is 11.3 Å². The van der Waals surface area contributed by atoms with Gasteiger partial charge in [-0.1, -0.05) is 12.1 Å². The van der Waals surface area contributed by atoms with Gasteiger partial charge in [-0.2, -0.15) is 0 Å². The molecule has 5 nitrogen and oxygen atoms in total. The Balaban J connectivity index is 2.62. The molecule has 0 fully saturated rings. The van der Waals surface area contributed by atoms with Gasteiger partial charge < -0.3 is 14.0 Å². The average Bonchev–Trinajstić information content (AvgIpc) is 2.47. The maximum atomic E-state index is 11.8. The third-order valence-electron chi connectivity index (χ3n) is 3.02. The molecule has 0 aliphatic heterocycles. The topological polar surface area (TPSA) is 56.2 Å². The first kappa shape index (κ1) is 15.5. The monoisotopic (exact) mass is 306 g/mol. The largest absolute Gasteiger partial charge is 0.493 e. The van der Waals surface area contributed by atoms with Gasteiger partial charge in [0.05, 0.1) is 18.9 Å². The molecule has 6 heteroatoms. The zero-order chi connectivity index (χ0) is 15.2. The van der Waals surface area contributed by atoms with Crippen molar-refractivity contribution in [3.05, 3.63) is 45.5 Å². The van der Waals surface area contributed by atoms with Crippen molar-refractivity contribution < 1.29 is 9.47 Å². The van der Waals surface area contributed by atoms with E-state index in [0.717, 1.165) is 17.0 Å². The summed E-state index contributed by atoms with van der Waals surface area (Å²) in [4.78, 5) is 14.4. The van der Waals surface area contributed by atoms with Crippen LogP contribution in [0.5, 0.6) is 5.75 Å². The second-order valence-electron chi connectivity index (χ2n) is 4.40. The van der Waals surface area contributed by atoms with E-state index in [1.54, 1.807) is 7.11 Å². The van der Waals surface area contributed by atoms with Gasteiger partial charge in [0.15, 0.2) is 4.77 Å². The zero-order valence-corrected chi connectivity index (χ0v) is 12.9. The predicted octanol–water partition coefficient (Wildman–Crippen LogP) is 2.62. The Bertz CT molecular complexity index is 721. The van der Waals surface area contributed by atoms with Gasteiger partial charge in [0, 0.05) is 25.3 Å². The van der Waals surface area contributed by atoms with Gasteiger partial charge in [-0.25, -0.2) is 0 Å². The van der Waals surface area contributed by atoms with E-state index in [1.807, 2.05) is 35.8 Å². The van der Waals surface area contributed by atoms with Crippen LogP contribution in [0.2, 0.25) is 0 Å². The number of aromatic amines is 1. The van der Waals surface area contributed by atoms with Crippen molar-refractivity contribution in [1.29, 1.82) is 0 Å². The number of hydrogen-bond donors (Lipinski definition) is 1. The maximum absolute atomic E-state index is 11.8. The van der Waals surface area contributed by atoms with Crippen molar-refractivity contribution in [3.63, 3.8) is 0 Å². The molecule has 0 aliphatic rings. The van der Waals surface area contributed by atoms with E-state index < -0.39 is 0 Å². The lowest BCUT2D eigenvalue weighted by molar-refractivity contribution is 0.186. The summed E-state index contributed by atoms with van der Waals surface area (Å²) in [7, 11) is 1.63. The minimum atomic E-state index is -0.227. The second-order valence-corrected chi connectivity index (χ2v) is 4.78. The molecule has 0 bridgehead atoms. The lowest BCUT2D eigenvalue weighted by Gasteiger charge is -2.16. The van der Waals surface area contributed by atoms with Gasteiger partial charge in [0.1, 0.15) is 5.75 Å². The van der Waals surface area contributed by atoms with E-state index >= 15 is 0 Å². The average molecular weight is 306 g/mol. The lowest BCUT2D eigenvalue weighted by atomic mass is 10.1. The van der Waals surface area contributed by atoms with Gasteiger partial charge in [0.2, 0.25) is 0 Å². The van der Waals surface area contributed by atoms with Crippen molar-refractivity contribution in [2.45, 2.75) is 13.5 Å². The number of nitrogens with zero attached hydrogens (tertiary/aromatic N) is 1. The van der Waals surface area contributed by atoms with Gasteiger partial charge in [-0.15, -0.1) is 0 Å². The second kappa shape index (κ2) is 7.19. The minimum Gasteiger partial charge on any atom is -0.493 e.